The van der Waals surface area contributed by atoms with E-state index in [-0.39, 0.29) is 25.1 Å². The van der Waals surface area contributed by atoms with Gasteiger partial charge in [-0.3, -0.25) is 9.48 Å². The molecule has 1 atom stereocenters. The van der Waals surface area contributed by atoms with Crippen molar-refractivity contribution < 1.29 is 17.9 Å². The Kier molecular flexibility index (Phi) is 4.93. The highest BCUT2D eigenvalue weighted by Crippen LogP contribution is 2.23. The first-order valence-corrected chi connectivity index (χ1v) is 10.1. The number of fused-ring (bicyclic) bond motifs is 1. The van der Waals surface area contributed by atoms with Gasteiger partial charge in [0.15, 0.2) is 0 Å². The average molecular weight is 356 g/mol. The summed E-state index contributed by atoms with van der Waals surface area (Å²) < 4.78 is 31.9. The van der Waals surface area contributed by atoms with Gasteiger partial charge in [0, 0.05) is 32.2 Å². The maximum absolute atomic E-state index is 12.6. The third-order valence-corrected chi connectivity index (χ3v) is 5.86. The minimum Gasteiger partial charge on any atom is -0.374 e. The zero-order valence-electron chi connectivity index (χ0n) is 14.1. The number of nitrogens with one attached hydrogen (secondary N) is 1. The van der Waals surface area contributed by atoms with Crippen LogP contribution in [0.5, 0.6) is 0 Å². The molecule has 1 aromatic rings. The van der Waals surface area contributed by atoms with E-state index in [9.17, 15) is 13.2 Å². The largest absolute Gasteiger partial charge is 0.374 e. The van der Waals surface area contributed by atoms with E-state index in [1.165, 1.54) is 10.6 Å². The number of amides is 1. The molecule has 134 valence electrons. The van der Waals surface area contributed by atoms with Crippen LogP contribution in [0, 0.1) is 0 Å². The van der Waals surface area contributed by atoms with E-state index >= 15 is 0 Å². The lowest BCUT2D eigenvalue weighted by Crippen LogP contribution is -2.49. The average Bonchev–Trinajstić information content (AvgIpc) is 2.88. The molecular weight excluding hydrogens is 332 g/mol. The summed E-state index contributed by atoms with van der Waals surface area (Å²) in [7, 11) is -1.45. The van der Waals surface area contributed by atoms with Gasteiger partial charge in [0.2, 0.25) is 10.0 Å². The summed E-state index contributed by atoms with van der Waals surface area (Å²) in [4.78, 5) is 12.6. The molecule has 2 aliphatic rings. The van der Waals surface area contributed by atoms with Crippen molar-refractivity contribution in [3.05, 3.63) is 17.0 Å². The van der Waals surface area contributed by atoms with E-state index in [1.54, 1.807) is 11.7 Å². The van der Waals surface area contributed by atoms with Gasteiger partial charge < -0.3 is 10.1 Å². The maximum atomic E-state index is 12.6. The standard InChI is InChI=1S/C15H24N4O4S/c1-18-14(12-5-3-4-6-13(12)17-18)15(20)16-9-11-10-19(7-8-23-11)24(2,21)22/h11H,3-10H2,1-2H3,(H,16,20). The second-order valence-corrected chi connectivity index (χ2v) is 8.41. The SMILES string of the molecule is Cn1nc2c(c1C(=O)NCC1CN(S(C)(=O)=O)CCO1)CCCC2. The maximum Gasteiger partial charge on any atom is 0.269 e. The molecule has 1 aliphatic carbocycles. The number of aromatic nitrogens is 2. The van der Waals surface area contributed by atoms with E-state index in [4.69, 9.17) is 4.74 Å². The van der Waals surface area contributed by atoms with Crippen molar-refractivity contribution in [2.75, 3.05) is 32.5 Å². The first kappa shape index (κ1) is 17.4. The zero-order chi connectivity index (χ0) is 17.3. The number of hydrogen-bond acceptors (Lipinski definition) is 5. The molecule has 2 heterocycles. The zero-order valence-corrected chi connectivity index (χ0v) is 14.9. The van der Waals surface area contributed by atoms with Crippen LogP contribution in [0.4, 0.5) is 0 Å². The third kappa shape index (κ3) is 3.62. The molecule has 0 spiro atoms. The molecule has 1 fully saturated rings. The van der Waals surface area contributed by atoms with Gasteiger partial charge in [-0.1, -0.05) is 0 Å². The molecule has 0 radical (unpaired) electrons. The van der Waals surface area contributed by atoms with Crippen LogP contribution in [-0.4, -0.2) is 67.0 Å². The van der Waals surface area contributed by atoms with Crippen molar-refractivity contribution >= 4 is 15.9 Å². The lowest BCUT2D eigenvalue weighted by molar-refractivity contribution is 0.000383. The summed E-state index contributed by atoms with van der Waals surface area (Å²) in [5, 5.41) is 7.32. The lowest BCUT2D eigenvalue weighted by atomic mass is 9.95. The van der Waals surface area contributed by atoms with Crippen LogP contribution in [0.15, 0.2) is 0 Å². The van der Waals surface area contributed by atoms with Crippen LogP contribution < -0.4 is 5.32 Å². The first-order valence-electron chi connectivity index (χ1n) is 8.26. The normalized spacial score (nSPS) is 22.2. The molecule has 9 heteroatoms. The summed E-state index contributed by atoms with van der Waals surface area (Å²) in [5.41, 5.74) is 2.68. The van der Waals surface area contributed by atoms with E-state index in [1.807, 2.05) is 0 Å². The molecule has 0 saturated carbocycles. The van der Waals surface area contributed by atoms with Gasteiger partial charge in [0.25, 0.3) is 5.91 Å². The van der Waals surface area contributed by atoms with Gasteiger partial charge in [0.1, 0.15) is 5.69 Å². The third-order valence-electron chi connectivity index (χ3n) is 4.59. The second kappa shape index (κ2) is 6.81. The lowest BCUT2D eigenvalue weighted by Gasteiger charge is -2.31. The summed E-state index contributed by atoms with van der Waals surface area (Å²) in [6.45, 7) is 1.25. The molecule has 1 N–H and O–H groups in total. The fourth-order valence-corrected chi connectivity index (χ4v) is 4.22. The van der Waals surface area contributed by atoms with Crippen LogP contribution in [-0.2, 0) is 34.6 Å². The Hall–Kier alpha value is -1.45. The molecule has 3 rings (SSSR count). The minimum absolute atomic E-state index is 0.173. The van der Waals surface area contributed by atoms with Gasteiger partial charge in [-0.25, -0.2) is 8.42 Å². The molecule has 1 saturated heterocycles. The predicted molar refractivity (Wildman–Crippen MR) is 88.3 cm³/mol. The fourth-order valence-electron chi connectivity index (χ4n) is 3.37. The number of carbonyl (C=O) groups excluding carboxylic acids is 1. The summed E-state index contributed by atoms with van der Waals surface area (Å²) in [5.74, 6) is -0.173. The highest BCUT2D eigenvalue weighted by molar-refractivity contribution is 7.88. The number of carbonyl (C=O) groups is 1. The Labute approximate surface area is 142 Å². The molecular formula is C15H24N4O4S. The van der Waals surface area contributed by atoms with Gasteiger partial charge >= 0.3 is 0 Å². The molecule has 1 aromatic heterocycles. The molecule has 24 heavy (non-hydrogen) atoms. The van der Waals surface area contributed by atoms with E-state index < -0.39 is 10.0 Å². The Morgan fingerprint density at radius 3 is 2.88 bits per heavy atom. The van der Waals surface area contributed by atoms with Gasteiger partial charge in [-0.15, -0.1) is 0 Å². The number of rotatable bonds is 4. The van der Waals surface area contributed by atoms with Crippen molar-refractivity contribution in [3.63, 3.8) is 0 Å². The summed E-state index contributed by atoms with van der Waals surface area (Å²) in [6, 6.07) is 0. The Bertz CT molecular complexity index is 728. The quantitative estimate of drug-likeness (QED) is 0.799. The fraction of sp³-hybridized carbons (Fsp3) is 0.733. The predicted octanol–water partition coefficient (Wildman–Crippen LogP) is -0.311. The highest BCUT2D eigenvalue weighted by atomic mass is 32.2. The van der Waals surface area contributed by atoms with Gasteiger partial charge in [0.05, 0.1) is 24.7 Å². The molecule has 0 aromatic carbocycles. The van der Waals surface area contributed by atoms with Crippen molar-refractivity contribution in [1.29, 1.82) is 0 Å². The van der Waals surface area contributed by atoms with E-state index in [0.717, 1.165) is 36.9 Å². The number of aryl methyl sites for hydroxylation is 2. The van der Waals surface area contributed by atoms with Crippen molar-refractivity contribution in [1.82, 2.24) is 19.4 Å². The number of nitrogens with zero attached hydrogens (tertiary/aromatic N) is 3. The van der Waals surface area contributed by atoms with Crippen molar-refractivity contribution in [3.8, 4) is 0 Å². The smallest absolute Gasteiger partial charge is 0.269 e. The van der Waals surface area contributed by atoms with Crippen molar-refractivity contribution in [2.24, 2.45) is 7.05 Å². The van der Waals surface area contributed by atoms with Crippen LogP contribution >= 0.6 is 0 Å². The summed E-state index contributed by atoms with van der Waals surface area (Å²) >= 11 is 0. The number of hydrogen-bond donors (Lipinski definition) is 1. The Balaban J connectivity index is 1.63. The second-order valence-electron chi connectivity index (χ2n) is 6.43. The monoisotopic (exact) mass is 356 g/mol. The number of sulfonamides is 1. The molecule has 1 unspecified atom stereocenters. The Morgan fingerprint density at radius 2 is 2.12 bits per heavy atom. The highest BCUT2D eigenvalue weighted by Gasteiger charge is 2.28. The van der Waals surface area contributed by atoms with Gasteiger partial charge in [-0.05, 0) is 25.7 Å². The molecule has 1 amide bonds. The topological polar surface area (TPSA) is 93.5 Å². The molecule has 8 nitrogen and oxygen atoms in total. The van der Waals surface area contributed by atoms with Gasteiger partial charge in [-0.2, -0.15) is 9.40 Å². The van der Waals surface area contributed by atoms with Crippen LogP contribution in [0.2, 0.25) is 0 Å². The van der Waals surface area contributed by atoms with E-state index in [2.05, 4.69) is 10.4 Å². The number of morpholine rings is 1. The van der Waals surface area contributed by atoms with Crippen molar-refractivity contribution in [2.45, 2.75) is 31.8 Å². The summed E-state index contributed by atoms with van der Waals surface area (Å²) in [6.07, 6.45) is 4.85. The van der Waals surface area contributed by atoms with Crippen LogP contribution in [0.1, 0.15) is 34.6 Å². The minimum atomic E-state index is -3.23. The van der Waals surface area contributed by atoms with E-state index in [0.29, 0.717) is 18.8 Å². The van der Waals surface area contributed by atoms with Crippen LogP contribution in [0.25, 0.3) is 0 Å². The molecule has 0 bridgehead atoms. The Morgan fingerprint density at radius 1 is 1.38 bits per heavy atom. The number of ether oxygens (including phenoxy) is 1. The first-order chi connectivity index (χ1) is 11.4. The molecule has 1 aliphatic heterocycles. The van der Waals surface area contributed by atoms with Crippen LogP contribution in [0.3, 0.4) is 0 Å².